The molecule has 1 heterocycles. The molecule has 53 heavy (non-hydrogen) atoms. The van der Waals surface area contributed by atoms with E-state index in [9.17, 15) is 0 Å². The zero-order chi connectivity index (χ0) is 36.5. The van der Waals surface area contributed by atoms with Gasteiger partial charge in [-0.2, -0.15) is 0 Å². The fourth-order valence-corrected chi connectivity index (χ4v) is 8.22. The Labute approximate surface area is 313 Å². The lowest BCUT2D eigenvalue weighted by Gasteiger charge is -2.22. The highest BCUT2D eigenvalue weighted by Gasteiger charge is 2.24. The quantitative estimate of drug-likeness (QED) is 0.186. The van der Waals surface area contributed by atoms with Gasteiger partial charge in [-0.3, -0.25) is 0 Å². The zero-order valence-corrected chi connectivity index (χ0v) is 31.1. The molecule has 1 aromatic heterocycles. The number of hydrogen-bond acceptors (Lipinski definition) is 0. The molecule has 1 aliphatic carbocycles. The molecule has 0 amide bonds. The fourth-order valence-electron chi connectivity index (χ4n) is 8.22. The molecule has 0 bridgehead atoms. The van der Waals surface area contributed by atoms with Crippen LogP contribution in [0.5, 0.6) is 0 Å². The lowest BCUT2D eigenvalue weighted by Crippen LogP contribution is -1.99. The molecule has 0 atom stereocenters. The maximum atomic E-state index is 4.32. The molecule has 1 nitrogen and oxygen atoms in total. The first-order chi connectivity index (χ1) is 26.0. The van der Waals surface area contributed by atoms with Gasteiger partial charge in [0.25, 0.3) is 0 Å². The molecule has 0 radical (unpaired) electrons. The minimum atomic E-state index is 1.04. The van der Waals surface area contributed by atoms with Crippen LogP contribution in [0, 0.1) is 20.8 Å². The number of benzene rings is 7. The normalized spacial score (nSPS) is 12.3. The van der Waals surface area contributed by atoms with Crippen LogP contribution in [0.4, 0.5) is 0 Å². The van der Waals surface area contributed by atoms with Crippen molar-refractivity contribution >= 4 is 50.7 Å². The molecule has 1 N–H and O–H groups in total. The Hall–Kier alpha value is -6.18. The van der Waals surface area contributed by atoms with E-state index in [1.807, 2.05) is 24.3 Å². The molecule has 1 heteroatoms. The molecule has 0 unspecified atom stereocenters. The number of aryl methyl sites for hydroxylation is 3. The third-order valence-corrected chi connectivity index (χ3v) is 10.9. The van der Waals surface area contributed by atoms with Crippen LogP contribution in [0.2, 0.25) is 0 Å². The van der Waals surface area contributed by atoms with E-state index in [2.05, 4.69) is 173 Å². The topological polar surface area (TPSA) is 15.8 Å². The Bertz CT molecular complexity index is 2700. The van der Waals surface area contributed by atoms with E-state index in [0.717, 1.165) is 12.8 Å². The first-order valence-electron chi connectivity index (χ1n) is 18.7. The van der Waals surface area contributed by atoms with E-state index < -0.39 is 0 Å². The molecule has 0 aliphatic heterocycles. The van der Waals surface area contributed by atoms with E-state index in [4.69, 9.17) is 0 Å². The second kappa shape index (κ2) is 14.4. The summed E-state index contributed by atoms with van der Waals surface area (Å²) in [5.41, 5.74) is 17.7. The number of nitrogens with one attached hydrogen (secondary N) is 1. The van der Waals surface area contributed by atoms with Crippen molar-refractivity contribution in [3.63, 3.8) is 0 Å². The van der Waals surface area contributed by atoms with Crippen molar-refractivity contribution in [3.8, 4) is 33.4 Å². The molecule has 0 saturated carbocycles. The average Bonchev–Trinajstić information content (AvgIpc) is 3.59. The number of aromatic nitrogens is 1. The lowest BCUT2D eigenvalue weighted by molar-refractivity contribution is 0.992. The minimum Gasteiger partial charge on any atom is -0.354 e. The maximum absolute atomic E-state index is 4.32. The van der Waals surface area contributed by atoms with E-state index in [0.29, 0.717) is 0 Å². The standard InChI is InChI=1S/C45H37N.C7H8/c1-5-14-36-28(3)40(27-41(35(36)6-2)34-22-21-31-17-10-11-18-32(31)25-34)43-29(4)39-26-33(30-15-8-7-9-16-30)23-24-37(39)45-44(43)38-19-12-13-20-42(38)46-45;1-7-5-3-2-4-6-7/h5-11,13-18,20-27,46H,2,12,19H2,1,3-4H3;2-6H,1H3/b14-5-;. The molecule has 7 aromatic carbocycles. The van der Waals surface area contributed by atoms with Gasteiger partial charge in [-0.25, -0.2) is 0 Å². The second-order valence-corrected chi connectivity index (χ2v) is 14.2. The van der Waals surface area contributed by atoms with Gasteiger partial charge in [0.1, 0.15) is 0 Å². The van der Waals surface area contributed by atoms with Gasteiger partial charge in [0.05, 0.1) is 5.52 Å². The predicted octanol–water partition coefficient (Wildman–Crippen LogP) is 14.7. The monoisotopic (exact) mass is 683 g/mol. The van der Waals surface area contributed by atoms with Gasteiger partial charge in [-0.15, -0.1) is 0 Å². The van der Waals surface area contributed by atoms with E-state index in [1.54, 1.807) is 0 Å². The van der Waals surface area contributed by atoms with E-state index in [-0.39, 0.29) is 0 Å². The summed E-state index contributed by atoms with van der Waals surface area (Å²) in [6.45, 7) is 13.1. The Morgan fingerprint density at radius 2 is 1.34 bits per heavy atom. The summed E-state index contributed by atoms with van der Waals surface area (Å²) in [4.78, 5) is 3.89. The van der Waals surface area contributed by atoms with E-state index >= 15 is 0 Å². The molecule has 0 spiro atoms. The highest BCUT2D eigenvalue weighted by atomic mass is 14.7. The summed E-state index contributed by atoms with van der Waals surface area (Å²) in [7, 11) is 0. The van der Waals surface area contributed by atoms with Crippen LogP contribution in [0.3, 0.4) is 0 Å². The van der Waals surface area contributed by atoms with Crippen molar-refractivity contribution in [2.24, 2.45) is 0 Å². The van der Waals surface area contributed by atoms with Crippen molar-refractivity contribution in [1.29, 1.82) is 0 Å². The zero-order valence-electron chi connectivity index (χ0n) is 31.1. The third-order valence-electron chi connectivity index (χ3n) is 10.9. The average molecular weight is 684 g/mol. The summed E-state index contributed by atoms with van der Waals surface area (Å²) in [5, 5.41) is 6.43. The summed E-state index contributed by atoms with van der Waals surface area (Å²) in [6, 6.07) is 45.9. The molecular formula is C52H45N. The number of fused-ring (bicyclic) bond motifs is 6. The number of H-pyrrole nitrogens is 1. The van der Waals surface area contributed by atoms with Gasteiger partial charge >= 0.3 is 0 Å². The van der Waals surface area contributed by atoms with Crippen LogP contribution in [0.25, 0.3) is 84.1 Å². The molecule has 9 rings (SSSR count). The van der Waals surface area contributed by atoms with Crippen molar-refractivity contribution in [2.75, 3.05) is 0 Å². The highest BCUT2D eigenvalue weighted by Crippen LogP contribution is 2.47. The van der Waals surface area contributed by atoms with Gasteiger partial charge in [0, 0.05) is 16.5 Å². The first-order valence-corrected chi connectivity index (χ1v) is 18.7. The highest BCUT2D eigenvalue weighted by molar-refractivity contribution is 6.18. The Balaban J connectivity index is 0.000000515. The molecule has 8 aromatic rings. The van der Waals surface area contributed by atoms with Gasteiger partial charge in [0.15, 0.2) is 0 Å². The maximum Gasteiger partial charge on any atom is 0.0547 e. The van der Waals surface area contributed by atoms with Crippen molar-refractivity contribution in [3.05, 3.63) is 185 Å². The lowest BCUT2D eigenvalue weighted by atomic mass is 9.81. The molecule has 258 valence electrons. The van der Waals surface area contributed by atoms with Crippen LogP contribution < -0.4 is 0 Å². The Morgan fingerprint density at radius 3 is 2.06 bits per heavy atom. The number of rotatable bonds is 5. The Kier molecular flexibility index (Phi) is 9.25. The Morgan fingerprint density at radius 1 is 0.623 bits per heavy atom. The summed E-state index contributed by atoms with van der Waals surface area (Å²) < 4.78 is 0. The SMILES string of the molecule is C=Cc1c(-c2ccc3ccccc3c2)cc(-c2c(C)c3cc(-c4ccccc4)ccc3c3[nH]c4c(c23)CCC=C4)c(C)c1/C=C\C.Cc1ccccc1. The van der Waals surface area contributed by atoms with Crippen LogP contribution in [0.1, 0.15) is 52.4 Å². The number of hydrogen-bond donors (Lipinski definition) is 1. The van der Waals surface area contributed by atoms with Crippen molar-refractivity contribution in [2.45, 2.75) is 40.5 Å². The van der Waals surface area contributed by atoms with Crippen molar-refractivity contribution in [1.82, 2.24) is 4.98 Å². The largest absolute Gasteiger partial charge is 0.354 e. The summed E-state index contributed by atoms with van der Waals surface area (Å²) >= 11 is 0. The molecule has 1 aliphatic rings. The molecule has 0 saturated heterocycles. The number of allylic oxidation sites excluding steroid dienone is 2. The number of aromatic amines is 1. The van der Waals surface area contributed by atoms with Gasteiger partial charge in [0.2, 0.25) is 0 Å². The third kappa shape index (κ3) is 6.23. The predicted molar refractivity (Wildman–Crippen MR) is 232 cm³/mol. The molecule has 0 fully saturated rings. The van der Waals surface area contributed by atoms with Crippen LogP contribution >= 0.6 is 0 Å². The van der Waals surface area contributed by atoms with Gasteiger partial charge < -0.3 is 4.98 Å². The van der Waals surface area contributed by atoms with Crippen molar-refractivity contribution < 1.29 is 0 Å². The summed E-state index contributed by atoms with van der Waals surface area (Å²) in [5.74, 6) is 0. The second-order valence-electron chi connectivity index (χ2n) is 14.2. The fraction of sp³-hybridized carbons (Fsp3) is 0.115. The van der Waals surface area contributed by atoms with Gasteiger partial charge in [-0.1, -0.05) is 146 Å². The first kappa shape index (κ1) is 33.9. The van der Waals surface area contributed by atoms with E-state index in [1.165, 1.54) is 105 Å². The van der Waals surface area contributed by atoms with Crippen LogP contribution in [-0.4, -0.2) is 4.98 Å². The smallest absolute Gasteiger partial charge is 0.0547 e. The summed E-state index contributed by atoms with van der Waals surface area (Å²) in [6.07, 6.45) is 13.1. The van der Waals surface area contributed by atoms with Gasteiger partial charge in [-0.05, 0) is 142 Å². The molecular weight excluding hydrogens is 639 g/mol. The minimum absolute atomic E-state index is 1.04. The van der Waals surface area contributed by atoms with Crippen LogP contribution in [0.15, 0.2) is 146 Å². The van der Waals surface area contributed by atoms with Crippen LogP contribution in [-0.2, 0) is 6.42 Å².